The Morgan fingerprint density at radius 3 is 2.79 bits per heavy atom. The van der Waals surface area contributed by atoms with Crippen molar-refractivity contribution in [3.8, 4) is 0 Å². The second-order valence-electron chi connectivity index (χ2n) is 6.35. The van der Waals surface area contributed by atoms with Gasteiger partial charge in [0, 0.05) is 37.6 Å². The predicted molar refractivity (Wildman–Crippen MR) is 93.1 cm³/mol. The highest BCUT2D eigenvalue weighted by Gasteiger charge is 2.27. The lowest BCUT2D eigenvalue weighted by atomic mass is 10.2. The summed E-state index contributed by atoms with van der Waals surface area (Å²) in [5.41, 5.74) is 1.76. The first-order valence-corrected chi connectivity index (χ1v) is 8.74. The third-order valence-corrected chi connectivity index (χ3v) is 4.65. The lowest BCUT2D eigenvalue weighted by molar-refractivity contribution is -0.148. The van der Waals surface area contributed by atoms with Crippen LogP contribution in [0.3, 0.4) is 0 Å². The minimum Gasteiger partial charge on any atom is -0.375 e. The second kappa shape index (κ2) is 7.66. The molecule has 3 rings (SSSR count). The highest BCUT2D eigenvalue weighted by Crippen LogP contribution is 2.23. The number of carbonyl (C=O) groups is 2. The zero-order valence-corrected chi connectivity index (χ0v) is 14.2. The van der Waals surface area contributed by atoms with Gasteiger partial charge >= 0.3 is 11.8 Å². The Balaban J connectivity index is 1.61. The standard InChI is InChI=1S/C18H25N3O3/c1-2-16-13-21(10-11-24-16)18(23)17(22)19-14-6-5-7-15(12-14)20-8-3-4-9-20/h5-7,12,16H,2-4,8-11,13H2,1H3,(H,19,22)/t16-/m0/s1. The molecule has 0 spiro atoms. The number of amides is 2. The molecule has 2 heterocycles. The van der Waals surface area contributed by atoms with E-state index in [1.54, 1.807) is 4.90 Å². The monoisotopic (exact) mass is 331 g/mol. The molecule has 0 aliphatic carbocycles. The summed E-state index contributed by atoms with van der Waals surface area (Å²) in [5.74, 6) is -1.06. The molecular weight excluding hydrogens is 306 g/mol. The van der Waals surface area contributed by atoms with E-state index < -0.39 is 11.8 Å². The number of ether oxygens (including phenoxy) is 1. The Morgan fingerprint density at radius 2 is 2.04 bits per heavy atom. The number of carbonyl (C=O) groups excluding carboxylic acids is 2. The summed E-state index contributed by atoms with van der Waals surface area (Å²) >= 11 is 0. The zero-order valence-electron chi connectivity index (χ0n) is 14.2. The molecular formula is C18H25N3O3. The fourth-order valence-corrected chi connectivity index (χ4v) is 3.23. The molecule has 2 saturated heterocycles. The molecule has 2 aliphatic heterocycles. The van der Waals surface area contributed by atoms with E-state index in [0.29, 0.717) is 25.4 Å². The topological polar surface area (TPSA) is 61.9 Å². The van der Waals surface area contributed by atoms with Crippen LogP contribution in [0.15, 0.2) is 24.3 Å². The van der Waals surface area contributed by atoms with Gasteiger partial charge in [-0.05, 0) is 37.5 Å². The van der Waals surface area contributed by atoms with Gasteiger partial charge in [0.25, 0.3) is 0 Å². The minimum absolute atomic E-state index is 0.0222. The minimum atomic E-state index is -0.578. The van der Waals surface area contributed by atoms with E-state index in [4.69, 9.17) is 4.74 Å². The van der Waals surface area contributed by atoms with Crippen LogP contribution < -0.4 is 10.2 Å². The van der Waals surface area contributed by atoms with Gasteiger partial charge in [-0.25, -0.2) is 0 Å². The molecule has 6 heteroatoms. The molecule has 1 aromatic carbocycles. The summed E-state index contributed by atoms with van der Waals surface area (Å²) < 4.78 is 5.55. The van der Waals surface area contributed by atoms with Gasteiger partial charge in [-0.1, -0.05) is 13.0 Å². The number of nitrogens with zero attached hydrogens (tertiary/aromatic N) is 2. The number of hydrogen-bond donors (Lipinski definition) is 1. The first-order chi connectivity index (χ1) is 11.7. The van der Waals surface area contributed by atoms with Gasteiger partial charge in [-0.15, -0.1) is 0 Å². The van der Waals surface area contributed by atoms with E-state index in [-0.39, 0.29) is 6.10 Å². The van der Waals surface area contributed by atoms with E-state index in [2.05, 4.69) is 10.2 Å². The molecule has 0 bridgehead atoms. The number of anilines is 2. The molecule has 6 nitrogen and oxygen atoms in total. The van der Waals surface area contributed by atoms with Gasteiger partial charge < -0.3 is 19.9 Å². The van der Waals surface area contributed by atoms with Crippen molar-refractivity contribution in [1.82, 2.24) is 4.90 Å². The van der Waals surface area contributed by atoms with Gasteiger partial charge in [0.2, 0.25) is 0 Å². The van der Waals surface area contributed by atoms with Crippen LogP contribution in [0.4, 0.5) is 11.4 Å². The molecule has 24 heavy (non-hydrogen) atoms. The summed E-state index contributed by atoms with van der Waals surface area (Å²) in [7, 11) is 0. The van der Waals surface area contributed by atoms with Crippen LogP contribution in [0.5, 0.6) is 0 Å². The number of rotatable bonds is 3. The maximum absolute atomic E-state index is 12.4. The molecule has 0 unspecified atom stereocenters. The lowest BCUT2D eigenvalue weighted by Crippen LogP contribution is -2.49. The van der Waals surface area contributed by atoms with Gasteiger partial charge in [0.15, 0.2) is 0 Å². The Bertz CT molecular complexity index is 599. The van der Waals surface area contributed by atoms with Crippen LogP contribution in [0.1, 0.15) is 26.2 Å². The van der Waals surface area contributed by atoms with Crippen molar-refractivity contribution < 1.29 is 14.3 Å². The van der Waals surface area contributed by atoms with Gasteiger partial charge in [-0.3, -0.25) is 9.59 Å². The van der Waals surface area contributed by atoms with Crippen molar-refractivity contribution in [2.45, 2.75) is 32.3 Å². The van der Waals surface area contributed by atoms with E-state index in [9.17, 15) is 9.59 Å². The highest BCUT2D eigenvalue weighted by molar-refractivity contribution is 6.39. The van der Waals surface area contributed by atoms with Crippen molar-refractivity contribution in [3.05, 3.63) is 24.3 Å². The van der Waals surface area contributed by atoms with E-state index >= 15 is 0 Å². The van der Waals surface area contributed by atoms with E-state index in [1.165, 1.54) is 12.8 Å². The average Bonchev–Trinajstić information content (AvgIpc) is 3.16. The summed E-state index contributed by atoms with van der Waals surface area (Å²) in [4.78, 5) is 28.5. The number of benzene rings is 1. The Kier molecular flexibility index (Phi) is 5.35. The van der Waals surface area contributed by atoms with Crippen LogP contribution in [-0.4, -0.2) is 55.6 Å². The molecule has 2 fully saturated rings. The molecule has 130 valence electrons. The molecule has 1 aromatic rings. The largest absolute Gasteiger partial charge is 0.375 e. The number of nitrogens with one attached hydrogen (secondary N) is 1. The summed E-state index contributed by atoms with van der Waals surface area (Å²) in [6, 6.07) is 7.70. The quantitative estimate of drug-likeness (QED) is 0.859. The third kappa shape index (κ3) is 3.87. The van der Waals surface area contributed by atoms with Crippen LogP contribution in [-0.2, 0) is 14.3 Å². The van der Waals surface area contributed by atoms with Crippen molar-refractivity contribution in [3.63, 3.8) is 0 Å². The molecule has 0 radical (unpaired) electrons. The van der Waals surface area contributed by atoms with Crippen molar-refractivity contribution in [2.75, 3.05) is 43.0 Å². The van der Waals surface area contributed by atoms with E-state index in [0.717, 1.165) is 25.2 Å². The predicted octanol–water partition coefficient (Wildman–Crippen LogP) is 1.86. The van der Waals surface area contributed by atoms with Crippen molar-refractivity contribution >= 4 is 23.2 Å². The van der Waals surface area contributed by atoms with Gasteiger partial charge in [0.05, 0.1) is 12.7 Å². The van der Waals surface area contributed by atoms with Crippen LogP contribution in [0, 0.1) is 0 Å². The first-order valence-electron chi connectivity index (χ1n) is 8.74. The first kappa shape index (κ1) is 16.8. The highest BCUT2D eigenvalue weighted by atomic mass is 16.5. The number of morpholine rings is 1. The SMILES string of the molecule is CC[C@H]1CN(C(=O)C(=O)Nc2cccc(N3CCCC3)c2)CCO1. The average molecular weight is 331 g/mol. The molecule has 1 atom stereocenters. The van der Waals surface area contributed by atoms with Gasteiger partial charge in [0.1, 0.15) is 0 Å². The van der Waals surface area contributed by atoms with Crippen LogP contribution in [0.2, 0.25) is 0 Å². The van der Waals surface area contributed by atoms with Crippen LogP contribution >= 0.6 is 0 Å². The summed E-state index contributed by atoms with van der Waals surface area (Å²) in [5, 5.41) is 2.74. The summed E-state index contributed by atoms with van der Waals surface area (Å²) in [6.45, 7) is 5.54. The Labute approximate surface area is 142 Å². The molecule has 0 aromatic heterocycles. The Morgan fingerprint density at radius 1 is 1.25 bits per heavy atom. The lowest BCUT2D eigenvalue weighted by Gasteiger charge is -2.32. The zero-order chi connectivity index (χ0) is 16.9. The normalized spacial score (nSPS) is 21.0. The second-order valence-corrected chi connectivity index (χ2v) is 6.35. The van der Waals surface area contributed by atoms with Gasteiger partial charge in [-0.2, -0.15) is 0 Å². The van der Waals surface area contributed by atoms with Crippen LogP contribution in [0.25, 0.3) is 0 Å². The van der Waals surface area contributed by atoms with Crippen molar-refractivity contribution in [2.24, 2.45) is 0 Å². The molecule has 1 N–H and O–H groups in total. The fraction of sp³-hybridized carbons (Fsp3) is 0.556. The molecule has 2 amide bonds. The summed E-state index contributed by atoms with van der Waals surface area (Å²) in [6.07, 6.45) is 3.26. The van der Waals surface area contributed by atoms with Crippen molar-refractivity contribution in [1.29, 1.82) is 0 Å². The van der Waals surface area contributed by atoms with E-state index in [1.807, 2.05) is 31.2 Å². The fourth-order valence-electron chi connectivity index (χ4n) is 3.23. The Hall–Kier alpha value is -2.08. The number of hydrogen-bond acceptors (Lipinski definition) is 4. The smallest absolute Gasteiger partial charge is 0.313 e. The molecule has 0 saturated carbocycles. The third-order valence-electron chi connectivity index (χ3n) is 4.65. The maximum atomic E-state index is 12.4. The molecule has 2 aliphatic rings. The maximum Gasteiger partial charge on any atom is 0.313 e.